The molecule has 1 amide bonds. The number of amides is 1. The number of carbonyl (C=O) groups is 1. The van der Waals surface area contributed by atoms with Gasteiger partial charge in [0.25, 0.3) is 5.91 Å². The molecule has 0 saturated heterocycles. The van der Waals surface area contributed by atoms with E-state index in [-0.39, 0.29) is 5.91 Å². The third-order valence-corrected chi connectivity index (χ3v) is 4.20. The number of anilines is 1. The lowest BCUT2D eigenvalue weighted by molar-refractivity contribution is 0.102. The van der Waals surface area contributed by atoms with E-state index in [1.807, 2.05) is 50.2 Å². The Bertz CT molecular complexity index is 646. The van der Waals surface area contributed by atoms with Gasteiger partial charge in [-0.05, 0) is 55.0 Å². The van der Waals surface area contributed by atoms with Crippen LogP contribution in [-0.2, 0) is 0 Å². The summed E-state index contributed by atoms with van der Waals surface area (Å²) in [4.78, 5) is 12.5. The predicted octanol–water partition coefficient (Wildman–Crippen LogP) is 5.07. The lowest BCUT2D eigenvalue weighted by Gasteiger charge is -2.16. The normalized spacial score (nSPS) is 12.0. The van der Waals surface area contributed by atoms with Gasteiger partial charge in [0.15, 0.2) is 0 Å². The summed E-state index contributed by atoms with van der Waals surface area (Å²) in [6.45, 7) is 8.36. The van der Waals surface area contributed by atoms with Crippen LogP contribution < -0.4 is 5.32 Å². The molecule has 0 aliphatic heterocycles. The third kappa shape index (κ3) is 3.33. The number of para-hydroxylation sites is 1. The van der Waals surface area contributed by atoms with Gasteiger partial charge in [-0.25, -0.2) is 0 Å². The minimum absolute atomic E-state index is 0.0352. The molecule has 0 heterocycles. The molecule has 2 nitrogen and oxygen atoms in total. The van der Waals surface area contributed by atoms with Crippen LogP contribution in [0.1, 0.15) is 53.2 Å². The van der Waals surface area contributed by atoms with E-state index in [0.717, 1.165) is 28.8 Å². The monoisotopic (exact) mass is 281 g/mol. The van der Waals surface area contributed by atoms with Crippen LogP contribution in [0.4, 0.5) is 5.69 Å². The Morgan fingerprint density at radius 3 is 2.52 bits per heavy atom. The number of benzene rings is 2. The van der Waals surface area contributed by atoms with Crippen molar-refractivity contribution < 1.29 is 4.79 Å². The maximum atomic E-state index is 12.5. The Morgan fingerprint density at radius 1 is 1.10 bits per heavy atom. The molecule has 2 rings (SSSR count). The molecule has 0 bridgehead atoms. The van der Waals surface area contributed by atoms with E-state index in [2.05, 4.69) is 25.2 Å². The number of nitrogens with one attached hydrogen (secondary N) is 1. The number of carbonyl (C=O) groups excluding carboxylic acids is 1. The minimum atomic E-state index is -0.0352. The standard InChI is InChI=1S/C19H23NO/c1-5-13(2)16-10-6-7-12-18(16)20-19(21)17-11-8-9-14(3)15(17)4/h6-13H,5H2,1-4H3,(H,20,21)/t13-/m1/s1. The lowest BCUT2D eigenvalue weighted by Crippen LogP contribution is -2.15. The van der Waals surface area contributed by atoms with E-state index in [1.54, 1.807) is 0 Å². The molecule has 0 aliphatic carbocycles. The first-order valence-corrected chi connectivity index (χ1v) is 7.51. The molecule has 0 spiro atoms. The number of aryl methyl sites for hydroxylation is 1. The van der Waals surface area contributed by atoms with Crippen molar-refractivity contribution in [2.45, 2.75) is 40.0 Å². The van der Waals surface area contributed by atoms with Gasteiger partial charge in [-0.2, -0.15) is 0 Å². The SMILES string of the molecule is CC[C@@H](C)c1ccccc1NC(=O)c1cccc(C)c1C. The highest BCUT2D eigenvalue weighted by molar-refractivity contribution is 6.05. The molecule has 0 unspecified atom stereocenters. The van der Waals surface area contributed by atoms with Crippen LogP contribution in [0, 0.1) is 13.8 Å². The van der Waals surface area contributed by atoms with E-state index in [4.69, 9.17) is 0 Å². The molecular formula is C19H23NO. The summed E-state index contributed by atoms with van der Waals surface area (Å²) in [5.41, 5.74) is 5.03. The van der Waals surface area contributed by atoms with Crippen molar-refractivity contribution in [2.75, 3.05) is 5.32 Å². The Labute approximate surface area is 127 Å². The van der Waals surface area contributed by atoms with Gasteiger partial charge in [-0.3, -0.25) is 4.79 Å². The number of hydrogen-bond donors (Lipinski definition) is 1. The second-order valence-corrected chi connectivity index (χ2v) is 5.60. The van der Waals surface area contributed by atoms with Gasteiger partial charge in [0.1, 0.15) is 0 Å². The van der Waals surface area contributed by atoms with Crippen molar-refractivity contribution in [3.8, 4) is 0 Å². The Balaban J connectivity index is 2.30. The van der Waals surface area contributed by atoms with E-state index < -0.39 is 0 Å². The van der Waals surface area contributed by atoms with Crippen LogP contribution in [0.2, 0.25) is 0 Å². The predicted molar refractivity (Wildman–Crippen MR) is 89.0 cm³/mol. The Morgan fingerprint density at radius 2 is 1.81 bits per heavy atom. The zero-order chi connectivity index (χ0) is 15.4. The van der Waals surface area contributed by atoms with Gasteiger partial charge in [-0.1, -0.05) is 44.2 Å². The maximum Gasteiger partial charge on any atom is 0.255 e. The fourth-order valence-corrected chi connectivity index (χ4v) is 2.45. The van der Waals surface area contributed by atoms with Crippen molar-refractivity contribution in [3.05, 3.63) is 64.7 Å². The van der Waals surface area contributed by atoms with Crippen LogP contribution in [0.25, 0.3) is 0 Å². The molecule has 2 heteroatoms. The summed E-state index contributed by atoms with van der Waals surface area (Å²) >= 11 is 0. The molecule has 2 aromatic carbocycles. The maximum absolute atomic E-state index is 12.5. The molecule has 2 aromatic rings. The van der Waals surface area contributed by atoms with Crippen molar-refractivity contribution in [1.29, 1.82) is 0 Å². The molecule has 110 valence electrons. The highest BCUT2D eigenvalue weighted by Gasteiger charge is 2.14. The summed E-state index contributed by atoms with van der Waals surface area (Å²) in [5, 5.41) is 3.07. The highest BCUT2D eigenvalue weighted by Crippen LogP contribution is 2.27. The van der Waals surface area contributed by atoms with Crippen LogP contribution >= 0.6 is 0 Å². The Hall–Kier alpha value is -2.09. The average Bonchev–Trinajstić information content (AvgIpc) is 2.49. The third-order valence-electron chi connectivity index (χ3n) is 4.20. The molecule has 1 atom stereocenters. The number of rotatable bonds is 4. The lowest BCUT2D eigenvalue weighted by atomic mass is 9.96. The fourth-order valence-electron chi connectivity index (χ4n) is 2.45. The van der Waals surface area contributed by atoms with Crippen molar-refractivity contribution in [1.82, 2.24) is 0 Å². The van der Waals surface area contributed by atoms with E-state index in [1.165, 1.54) is 5.56 Å². The van der Waals surface area contributed by atoms with Gasteiger partial charge < -0.3 is 5.32 Å². The van der Waals surface area contributed by atoms with Crippen LogP contribution in [0.3, 0.4) is 0 Å². The first-order valence-electron chi connectivity index (χ1n) is 7.51. The van der Waals surface area contributed by atoms with Crippen molar-refractivity contribution in [3.63, 3.8) is 0 Å². The van der Waals surface area contributed by atoms with Gasteiger partial charge in [0.05, 0.1) is 0 Å². The van der Waals surface area contributed by atoms with E-state index in [0.29, 0.717) is 5.92 Å². The molecular weight excluding hydrogens is 258 g/mol. The molecule has 0 saturated carbocycles. The average molecular weight is 281 g/mol. The van der Waals surface area contributed by atoms with E-state index in [9.17, 15) is 4.79 Å². The topological polar surface area (TPSA) is 29.1 Å². The van der Waals surface area contributed by atoms with Gasteiger partial charge in [-0.15, -0.1) is 0 Å². The molecule has 0 aliphatic rings. The summed E-state index contributed by atoms with van der Waals surface area (Å²) in [5.74, 6) is 0.395. The molecule has 1 N–H and O–H groups in total. The van der Waals surface area contributed by atoms with Gasteiger partial charge in [0.2, 0.25) is 0 Å². The molecule has 0 aromatic heterocycles. The highest BCUT2D eigenvalue weighted by atomic mass is 16.1. The van der Waals surface area contributed by atoms with Crippen LogP contribution in [-0.4, -0.2) is 5.91 Å². The first kappa shape index (κ1) is 15.3. The minimum Gasteiger partial charge on any atom is -0.322 e. The second kappa shape index (κ2) is 6.57. The summed E-state index contributed by atoms with van der Waals surface area (Å²) in [7, 11) is 0. The quantitative estimate of drug-likeness (QED) is 0.833. The number of hydrogen-bond acceptors (Lipinski definition) is 1. The second-order valence-electron chi connectivity index (χ2n) is 5.60. The zero-order valence-corrected chi connectivity index (χ0v) is 13.2. The van der Waals surface area contributed by atoms with Crippen LogP contribution in [0.5, 0.6) is 0 Å². The summed E-state index contributed by atoms with van der Waals surface area (Å²) in [6, 6.07) is 13.9. The molecule has 0 radical (unpaired) electrons. The van der Waals surface area contributed by atoms with Gasteiger partial charge in [0, 0.05) is 11.3 Å². The van der Waals surface area contributed by atoms with Crippen molar-refractivity contribution in [2.24, 2.45) is 0 Å². The summed E-state index contributed by atoms with van der Waals surface area (Å²) in [6.07, 6.45) is 1.05. The fraction of sp³-hybridized carbons (Fsp3) is 0.316. The molecule has 0 fully saturated rings. The largest absolute Gasteiger partial charge is 0.322 e. The smallest absolute Gasteiger partial charge is 0.255 e. The zero-order valence-electron chi connectivity index (χ0n) is 13.2. The Kier molecular flexibility index (Phi) is 4.79. The molecule has 21 heavy (non-hydrogen) atoms. The first-order chi connectivity index (χ1) is 10.0. The summed E-state index contributed by atoms with van der Waals surface area (Å²) < 4.78 is 0. The van der Waals surface area contributed by atoms with Gasteiger partial charge >= 0.3 is 0 Å². The van der Waals surface area contributed by atoms with E-state index >= 15 is 0 Å². The van der Waals surface area contributed by atoms with Crippen LogP contribution in [0.15, 0.2) is 42.5 Å². The van der Waals surface area contributed by atoms with Crippen molar-refractivity contribution >= 4 is 11.6 Å².